The molecular weight excluding hydrogens is 390 g/mol. The lowest BCUT2D eigenvalue weighted by Gasteiger charge is -2.75. The first-order valence-electron chi connectivity index (χ1n) is 11.4. The van der Waals surface area contributed by atoms with Crippen molar-refractivity contribution in [1.82, 2.24) is 14.8 Å². The molecule has 4 aliphatic rings. The van der Waals surface area contributed by atoms with Crippen LogP contribution in [-0.4, -0.2) is 78.8 Å². The van der Waals surface area contributed by atoms with E-state index < -0.39 is 0 Å². The standard InChI is InChI=1S/C23H35N7O/c1-6-21(30(15-31)23-13-19(16(23)2)17(23)3)27-22(24-4)26-20-8-7-18(14-25-20)29-11-9-28(5)10-12-29/h7-8,14-17,19H,6,9-13H2,1-5H3,(H,24,25,26)/t16-,17-,19?,23?/m1/s1. The quantitative estimate of drug-likeness (QED) is 0.446. The maximum atomic E-state index is 12.1. The molecular formula is C23H35N7O. The zero-order chi connectivity index (χ0) is 22.2. The van der Waals surface area contributed by atoms with E-state index >= 15 is 0 Å². The third-order valence-corrected chi connectivity index (χ3v) is 7.88. The molecule has 5 rings (SSSR count). The summed E-state index contributed by atoms with van der Waals surface area (Å²) in [6.45, 7) is 10.7. The lowest BCUT2D eigenvalue weighted by molar-refractivity contribution is -0.229. The van der Waals surface area contributed by atoms with Gasteiger partial charge in [0.25, 0.3) is 0 Å². The van der Waals surface area contributed by atoms with E-state index in [1.54, 1.807) is 7.05 Å². The Labute approximate surface area is 185 Å². The molecule has 0 spiro atoms. The Balaban J connectivity index is 1.46. The monoisotopic (exact) mass is 425 g/mol. The molecule has 1 aliphatic heterocycles. The first-order chi connectivity index (χ1) is 14.9. The number of hydrogen-bond donors (Lipinski definition) is 1. The zero-order valence-corrected chi connectivity index (χ0v) is 19.4. The predicted octanol–water partition coefficient (Wildman–Crippen LogP) is 2.54. The molecule has 1 aromatic rings. The zero-order valence-electron chi connectivity index (χ0n) is 19.4. The summed E-state index contributed by atoms with van der Waals surface area (Å²) in [5, 5.41) is 3.21. The topological polar surface area (TPSA) is 76.4 Å². The van der Waals surface area contributed by atoms with E-state index in [4.69, 9.17) is 4.99 Å². The van der Waals surface area contributed by atoms with Crippen LogP contribution < -0.4 is 10.2 Å². The third kappa shape index (κ3) is 3.60. The molecule has 4 fully saturated rings. The van der Waals surface area contributed by atoms with Crippen LogP contribution in [0.15, 0.2) is 28.3 Å². The van der Waals surface area contributed by atoms with Gasteiger partial charge < -0.3 is 15.1 Å². The van der Waals surface area contributed by atoms with Crippen molar-refractivity contribution >= 4 is 29.7 Å². The summed E-state index contributed by atoms with van der Waals surface area (Å²) in [6, 6.07) is 4.05. The van der Waals surface area contributed by atoms with Crippen LogP contribution in [0.25, 0.3) is 0 Å². The molecule has 1 N–H and O–H groups in total. The second kappa shape index (κ2) is 8.57. The molecule has 2 atom stereocenters. The van der Waals surface area contributed by atoms with Crippen molar-refractivity contribution in [3.8, 4) is 0 Å². The smallest absolute Gasteiger partial charge is 0.225 e. The first kappa shape index (κ1) is 21.7. The van der Waals surface area contributed by atoms with E-state index in [0.29, 0.717) is 30.0 Å². The van der Waals surface area contributed by atoms with Gasteiger partial charge in [-0.25, -0.2) is 4.98 Å². The van der Waals surface area contributed by atoms with Crippen molar-refractivity contribution in [3.05, 3.63) is 18.3 Å². The van der Waals surface area contributed by atoms with Gasteiger partial charge in [-0.15, -0.1) is 0 Å². The van der Waals surface area contributed by atoms with Gasteiger partial charge in [0.2, 0.25) is 12.4 Å². The number of likely N-dealkylation sites (N-methyl/N-ethyl adjacent to an activating group) is 1. The van der Waals surface area contributed by atoms with Crippen LogP contribution >= 0.6 is 0 Å². The molecule has 168 valence electrons. The molecule has 0 radical (unpaired) electrons. The van der Waals surface area contributed by atoms with Crippen molar-refractivity contribution < 1.29 is 4.79 Å². The van der Waals surface area contributed by atoms with Crippen molar-refractivity contribution in [1.29, 1.82) is 0 Å². The van der Waals surface area contributed by atoms with Gasteiger partial charge in [0.05, 0.1) is 17.4 Å². The number of anilines is 2. The molecule has 0 aromatic carbocycles. The highest BCUT2D eigenvalue weighted by Gasteiger charge is 2.72. The van der Waals surface area contributed by atoms with E-state index in [-0.39, 0.29) is 5.54 Å². The van der Waals surface area contributed by atoms with Crippen molar-refractivity contribution in [2.45, 2.75) is 39.2 Å². The number of aromatic nitrogens is 1. The minimum absolute atomic E-state index is 0.0669. The first-order valence-corrected chi connectivity index (χ1v) is 11.4. The van der Waals surface area contributed by atoms with Gasteiger partial charge in [0, 0.05) is 39.6 Å². The largest absolute Gasteiger partial charge is 0.368 e. The molecule has 8 heteroatoms. The van der Waals surface area contributed by atoms with Crippen molar-refractivity contribution in [2.24, 2.45) is 27.7 Å². The Morgan fingerprint density at radius 2 is 2.00 bits per heavy atom. The number of aliphatic imine (C=N–C) groups is 2. The Morgan fingerprint density at radius 3 is 2.48 bits per heavy atom. The Bertz CT molecular complexity index is 847. The Morgan fingerprint density at radius 1 is 1.29 bits per heavy atom. The maximum absolute atomic E-state index is 12.1. The second-order valence-electron chi connectivity index (χ2n) is 9.16. The number of nitrogens with one attached hydrogen (secondary N) is 1. The predicted molar refractivity (Wildman–Crippen MR) is 126 cm³/mol. The minimum atomic E-state index is -0.0669. The number of nitrogens with zero attached hydrogens (tertiary/aromatic N) is 6. The van der Waals surface area contributed by atoms with Crippen LogP contribution in [0.1, 0.15) is 33.6 Å². The fourth-order valence-electron chi connectivity index (χ4n) is 5.57. The Hall–Kier alpha value is -2.48. The van der Waals surface area contributed by atoms with Crippen LogP contribution in [0.4, 0.5) is 11.5 Å². The van der Waals surface area contributed by atoms with E-state index in [9.17, 15) is 4.79 Å². The summed E-state index contributed by atoms with van der Waals surface area (Å²) < 4.78 is 0. The highest BCUT2D eigenvalue weighted by molar-refractivity contribution is 6.05. The highest BCUT2D eigenvalue weighted by atomic mass is 16.1. The van der Waals surface area contributed by atoms with E-state index in [1.165, 1.54) is 0 Å². The van der Waals surface area contributed by atoms with Crippen LogP contribution in [0.5, 0.6) is 0 Å². The molecule has 2 bridgehead atoms. The summed E-state index contributed by atoms with van der Waals surface area (Å²) in [7, 11) is 3.86. The van der Waals surface area contributed by atoms with Crippen LogP contribution in [0, 0.1) is 17.8 Å². The SMILES string of the molecule is CCC(=NC(=NC)Nc1ccc(N2CCN(C)CC2)cn1)N(C=O)C12CC([C@H]1C)[C@H]2C. The molecule has 2 heterocycles. The molecule has 1 saturated heterocycles. The average Bonchev–Trinajstić information content (AvgIpc) is 2.80. The number of rotatable bonds is 5. The summed E-state index contributed by atoms with van der Waals surface area (Å²) in [4.78, 5) is 32.2. The van der Waals surface area contributed by atoms with Crippen molar-refractivity contribution in [2.75, 3.05) is 50.5 Å². The maximum Gasteiger partial charge on any atom is 0.225 e. The van der Waals surface area contributed by atoms with Gasteiger partial charge in [-0.1, -0.05) is 20.8 Å². The molecule has 3 saturated carbocycles. The fraction of sp³-hybridized carbons (Fsp3) is 0.652. The van der Waals surface area contributed by atoms with Gasteiger partial charge in [-0.3, -0.25) is 14.7 Å². The molecule has 8 nitrogen and oxygen atoms in total. The van der Waals surface area contributed by atoms with Gasteiger partial charge >= 0.3 is 0 Å². The lowest BCUT2D eigenvalue weighted by atomic mass is 9.36. The van der Waals surface area contributed by atoms with Gasteiger partial charge in [0.1, 0.15) is 11.7 Å². The number of carbonyl (C=O) groups is 1. The summed E-state index contributed by atoms with van der Waals surface area (Å²) in [6.07, 6.45) is 4.60. The third-order valence-electron chi connectivity index (χ3n) is 7.88. The summed E-state index contributed by atoms with van der Waals surface area (Å²) >= 11 is 0. The number of amides is 1. The van der Waals surface area contributed by atoms with Crippen LogP contribution in [0.2, 0.25) is 0 Å². The summed E-state index contributed by atoms with van der Waals surface area (Å²) in [5.41, 5.74) is 1.06. The van der Waals surface area contributed by atoms with E-state index in [0.717, 1.165) is 56.5 Å². The molecule has 31 heavy (non-hydrogen) atoms. The highest BCUT2D eigenvalue weighted by Crippen LogP contribution is 2.68. The number of piperazine rings is 1. The summed E-state index contributed by atoms with van der Waals surface area (Å²) in [5.74, 6) is 3.72. The van der Waals surface area contributed by atoms with Gasteiger partial charge in [-0.05, 0) is 43.4 Å². The normalized spacial score (nSPS) is 31.0. The number of guanidine groups is 1. The molecule has 3 aliphatic carbocycles. The second-order valence-corrected chi connectivity index (χ2v) is 9.16. The fourth-order valence-corrected chi connectivity index (χ4v) is 5.57. The molecule has 1 amide bonds. The Kier molecular flexibility index (Phi) is 6.01. The van der Waals surface area contributed by atoms with Gasteiger partial charge in [0.15, 0.2) is 0 Å². The van der Waals surface area contributed by atoms with Crippen LogP contribution in [0.3, 0.4) is 0 Å². The average molecular weight is 426 g/mol. The van der Waals surface area contributed by atoms with Crippen molar-refractivity contribution in [3.63, 3.8) is 0 Å². The number of amidine groups is 1. The molecule has 1 aromatic heterocycles. The minimum Gasteiger partial charge on any atom is -0.368 e. The van der Waals surface area contributed by atoms with E-state index in [2.05, 4.69) is 52.1 Å². The number of hydrogen-bond acceptors (Lipinski definition) is 5. The number of pyridine rings is 1. The molecule has 0 unspecified atom stereocenters. The van der Waals surface area contributed by atoms with Crippen LogP contribution in [-0.2, 0) is 4.79 Å². The number of carbonyl (C=O) groups excluding carboxylic acids is 1. The van der Waals surface area contributed by atoms with E-state index in [1.807, 2.05) is 24.1 Å². The lowest BCUT2D eigenvalue weighted by Crippen LogP contribution is -2.80. The van der Waals surface area contributed by atoms with Gasteiger partial charge in [-0.2, -0.15) is 4.99 Å².